The second-order valence-electron chi connectivity index (χ2n) is 3.64. The van der Waals surface area contributed by atoms with Crippen LogP contribution in [0.25, 0.3) is 0 Å². The van der Waals surface area contributed by atoms with E-state index in [0.29, 0.717) is 6.54 Å². The Balaban J connectivity index is 2.55. The minimum Gasteiger partial charge on any atom is -0.297 e. The average molecular weight is 238 g/mol. The van der Waals surface area contributed by atoms with Crippen molar-refractivity contribution in [2.45, 2.75) is 19.1 Å². The molecule has 1 fully saturated rings. The number of rotatable bonds is 2. The van der Waals surface area contributed by atoms with Crippen LogP contribution in [0, 0.1) is 17.2 Å². The van der Waals surface area contributed by atoms with Crippen molar-refractivity contribution in [1.82, 2.24) is 4.90 Å². The Bertz CT molecular complexity index is 249. The summed E-state index contributed by atoms with van der Waals surface area (Å²) in [6.45, 7) is 2.35. The van der Waals surface area contributed by atoms with Crippen LogP contribution in [-0.4, -0.2) is 41.7 Å². The Hall–Kier alpha value is -0.410. The van der Waals surface area contributed by atoms with Crippen molar-refractivity contribution in [3.8, 4) is 6.07 Å². The molecule has 1 heterocycles. The number of alkyl halides is 3. The van der Waals surface area contributed by atoms with Crippen LogP contribution in [0.1, 0.15) is 6.92 Å². The van der Waals surface area contributed by atoms with Crippen molar-refractivity contribution in [3.63, 3.8) is 0 Å². The van der Waals surface area contributed by atoms with Gasteiger partial charge in [0, 0.05) is 30.6 Å². The first-order valence-electron chi connectivity index (χ1n) is 4.73. The molecule has 2 atom stereocenters. The third-order valence-electron chi connectivity index (χ3n) is 2.47. The van der Waals surface area contributed by atoms with E-state index in [0.717, 1.165) is 11.5 Å². The lowest BCUT2D eigenvalue weighted by atomic mass is 10.1. The Kier molecular flexibility index (Phi) is 4.29. The fourth-order valence-corrected chi connectivity index (χ4v) is 2.57. The van der Waals surface area contributed by atoms with E-state index in [-0.39, 0.29) is 12.6 Å². The van der Waals surface area contributed by atoms with Gasteiger partial charge in [0.05, 0.1) is 6.07 Å². The number of hydrogen-bond acceptors (Lipinski definition) is 3. The first-order valence-corrected chi connectivity index (χ1v) is 5.88. The van der Waals surface area contributed by atoms with Gasteiger partial charge in [0.25, 0.3) is 0 Å². The molecule has 2 nitrogen and oxygen atoms in total. The Morgan fingerprint density at radius 3 is 2.73 bits per heavy atom. The highest BCUT2D eigenvalue weighted by Gasteiger charge is 2.41. The van der Waals surface area contributed by atoms with E-state index in [2.05, 4.69) is 0 Å². The standard InChI is InChI=1S/C9H13F3N2S/c1-7-6-15-3-2-14(7)5-8(4-13)9(10,11)12/h7-8H,2-3,5-6H2,1H3. The zero-order valence-corrected chi connectivity index (χ0v) is 9.24. The van der Waals surface area contributed by atoms with Crippen LogP contribution in [0.5, 0.6) is 0 Å². The lowest BCUT2D eigenvalue weighted by molar-refractivity contribution is -0.163. The lowest BCUT2D eigenvalue weighted by Crippen LogP contribution is -2.45. The molecule has 0 radical (unpaired) electrons. The summed E-state index contributed by atoms with van der Waals surface area (Å²) in [4.78, 5) is 1.75. The summed E-state index contributed by atoms with van der Waals surface area (Å²) in [6.07, 6.45) is -4.40. The molecule has 0 aromatic carbocycles. The summed E-state index contributed by atoms with van der Waals surface area (Å²) < 4.78 is 37.0. The molecular weight excluding hydrogens is 225 g/mol. The van der Waals surface area contributed by atoms with Crippen molar-refractivity contribution >= 4 is 11.8 Å². The first-order chi connectivity index (χ1) is 6.95. The molecule has 0 aromatic rings. The molecule has 86 valence electrons. The van der Waals surface area contributed by atoms with Crippen molar-refractivity contribution < 1.29 is 13.2 Å². The normalized spacial score (nSPS) is 25.9. The molecular formula is C9H13F3N2S. The van der Waals surface area contributed by atoms with Gasteiger partial charge in [-0.05, 0) is 6.92 Å². The molecule has 0 aromatic heterocycles. The van der Waals surface area contributed by atoms with Gasteiger partial charge >= 0.3 is 6.18 Å². The van der Waals surface area contributed by atoms with E-state index >= 15 is 0 Å². The Labute approximate surface area is 91.4 Å². The molecule has 1 aliphatic rings. The summed E-state index contributed by atoms with van der Waals surface area (Å²) in [6, 6.07) is 1.46. The van der Waals surface area contributed by atoms with Crippen LogP contribution in [-0.2, 0) is 0 Å². The van der Waals surface area contributed by atoms with Crippen molar-refractivity contribution in [2.75, 3.05) is 24.6 Å². The zero-order chi connectivity index (χ0) is 11.5. The minimum atomic E-state index is -4.40. The van der Waals surface area contributed by atoms with Gasteiger partial charge in [-0.3, -0.25) is 4.90 Å². The Morgan fingerprint density at radius 1 is 1.60 bits per heavy atom. The lowest BCUT2D eigenvalue weighted by Gasteiger charge is -2.34. The highest BCUT2D eigenvalue weighted by atomic mass is 32.2. The van der Waals surface area contributed by atoms with Crippen LogP contribution in [0.15, 0.2) is 0 Å². The zero-order valence-electron chi connectivity index (χ0n) is 8.42. The summed E-state index contributed by atoms with van der Waals surface area (Å²) in [5.41, 5.74) is 0. The predicted octanol–water partition coefficient (Wildman–Crippen LogP) is 2.13. The molecule has 15 heavy (non-hydrogen) atoms. The number of nitriles is 1. The number of thioether (sulfide) groups is 1. The molecule has 0 spiro atoms. The molecule has 0 amide bonds. The van der Waals surface area contributed by atoms with Crippen LogP contribution in [0.4, 0.5) is 13.2 Å². The fourth-order valence-electron chi connectivity index (χ4n) is 1.48. The molecule has 0 N–H and O–H groups in total. The SMILES string of the molecule is CC1CSCCN1CC(C#N)C(F)(F)F. The largest absolute Gasteiger partial charge is 0.405 e. The second-order valence-corrected chi connectivity index (χ2v) is 4.79. The smallest absolute Gasteiger partial charge is 0.297 e. The molecule has 0 bridgehead atoms. The highest BCUT2D eigenvalue weighted by molar-refractivity contribution is 7.99. The van der Waals surface area contributed by atoms with Gasteiger partial charge in [-0.15, -0.1) is 0 Å². The van der Waals surface area contributed by atoms with Gasteiger partial charge in [0.15, 0.2) is 5.92 Å². The van der Waals surface area contributed by atoms with Crippen molar-refractivity contribution in [3.05, 3.63) is 0 Å². The van der Waals surface area contributed by atoms with Gasteiger partial charge in [-0.2, -0.15) is 30.2 Å². The predicted molar refractivity (Wildman–Crippen MR) is 53.5 cm³/mol. The molecule has 6 heteroatoms. The number of nitrogens with zero attached hydrogens (tertiary/aromatic N) is 2. The molecule has 1 rings (SSSR count). The molecule has 2 unspecified atom stereocenters. The third-order valence-corrected chi connectivity index (χ3v) is 3.66. The van der Waals surface area contributed by atoms with Gasteiger partial charge < -0.3 is 0 Å². The van der Waals surface area contributed by atoms with E-state index in [1.165, 1.54) is 6.07 Å². The van der Waals surface area contributed by atoms with E-state index in [1.807, 2.05) is 6.92 Å². The van der Waals surface area contributed by atoms with Gasteiger partial charge in [-0.25, -0.2) is 0 Å². The van der Waals surface area contributed by atoms with Crippen molar-refractivity contribution in [1.29, 1.82) is 5.26 Å². The number of hydrogen-bond donors (Lipinski definition) is 0. The fraction of sp³-hybridized carbons (Fsp3) is 0.889. The summed E-state index contributed by atoms with van der Waals surface area (Å²) >= 11 is 1.74. The third kappa shape index (κ3) is 3.58. The molecule has 1 aliphatic heterocycles. The maximum atomic E-state index is 12.3. The topological polar surface area (TPSA) is 27.0 Å². The van der Waals surface area contributed by atoms with Crippen molar-refractivity contribution in [2.24, 2.45) is 5.92 Å². The van der Waals surface area contributed by atoms with E-state index in [4.69, 9.17) is 5.26 Å². The molecule has 0 saturated carbocycles. The Morgan fingerprint density at radius 2 is 2.27 bits per heavy atom. The summed E-state index contributed by atoms with van der Waals surface area (Å²) in [7, 11) is 0. The van der Waals surface area contributed by atoms with E-state index in [1.54, 1.807) is 16.7 Å². The van der Waals surface area contributed by atoms with Crippen LogP contribution in [0.3, 0.4) is 0 Å². The first kappa shape index (κ1) is 12.7. The maximum Gasteiger partial charge on any atom is 0.405 e. The van der Waals surface area contributed by atoms with Crippen LogP contribution >= 0.6 is 11.8 Å². The van der Waals surface area contributed by atoms with Gasteiger partial charge in [-0.1, -0.05) is 0 Å². The van der Waals surface area contributed by atoms with Gasteiger partial charge in [0.1, 0.15) is 0 Å². The quantitative estimate of drug-likeness (QED) is 0.737. The average Bonchev–Trinajstić information content (AvgIpc) is 2.14. The highest BCUT2D eigenvalue weighted by Crippen LogP contribution is 2.28. The summed E-state index contributed by atoms with van der Waals surface area (Å²) in [5.74, 6) is -0.167. The van der Waals surface area contributed by atoms with E-state index < -0.39 is 12.1 Å². The van der Waals surface area contributed by atoms with Gasteiger partial charge in [0.2, 0.25) is 0 Å². The summed E-state index contributed by atoms with van der Waals surface area (Å²) in [5, 5.41) is 8.48. The molecule has 0 aliphatic carbocycles. The van der Waals surface area contributed by atoms with Crippen LogP contribution < -0.4 is 0 Å². The minimum absolute atomic E-state index is 0.127. The van der Waals surface area contributed by atoms with E-state index in [9.17, 15) is 13.2 Å². The maximum absolute atomic E-state index is 12.3. The molecule has 1 saturated heterocycles. The van der Waals surface area contributed by atoms with Crippen LogP contribution in [0.2, 0.25) is 0 Å². The second kappa shape index (κ2) is 5.08. The number of halogens is 3. The monoisotopic (exact) mass is 238 g/mol.